The maximum Gasteiger partial charge on any atom is 0.268 e. The van der Waals surface area contributed by atoms with Gasteiger partial charge in [0, 0.05) is 31.4 Å². The Morgan fingerprint density at radius 3 is 2.41 bits per heavy atom. The molecule has 0 radical (unpaired) electrons. The van der Waals surface area contributed by atoms with Gasteiger partial charge >= 0.3 is 0 Å². The highest BCUT2D eigenvalue weighted by molar-refractivity contribution is 6.02. The number of nitrogens with one attached hydrogen (secondary N) is 3. The summed E-state index contributed by atoms with van der Waals surface area (Å²) in [6, 6.07) is 5.09. The van der Waals surface area contributed by atoms with E-state index in [0.717, 1.165) is 5.39 Å². The van der Waals surface area contributed by atoms with Crippen molar-refractivity contribution in [2.24, 2.45) is 5.92 Å². The van der Waals surface area contributed by atoms with Crippen molar-refractivity contribution in [1.29, 1.82) is 0 Å². The topological polar surface area (TPSA) is 141 Å². The number of amides is 3. The molecular formula is C24H34N4O6. The fourth-order valence-corrected chi connectivity index (χ4v) is 3.55. The normalized spacial score (nSPS) is 12.8. The Kier molecular flexibility index (Phi) is 9.61. The lowest BCUT2D eigenvalue weighted by molar-refractivity contribution is -0.132. The van der Waals surface area contributed by atoms with E-state index in [1.807, 2.05) is 19.9 Å². The summed E-state index contributed by atoms with van der Waals surface area (Å²) >= 11 is 0. The van der Waals surface area contributed by atoms with E-state index in [1.54, 1.807) is 39.4 Å². The first kappa shape index (κ1) is 26.8. The number of ketones is 1. The third kappa shape index (κ3) is 7.05. The molecule has 4 N–H and O–H groups in total. The zero-order valence-electron chi connectivity index (χ0n) is 20.3. The molecule has 1 heterocycles. The van der Waals surface area contributed by atoms with Crippen LogP contribution in [0, 0.1) is 5.92 Å². The van der Waals surface area contributed by atoms with Crippen molar-refractivity contribution in [2.75, 3.05) is 27.8 Å². The van der Waals surface area contributed by atoms with Gasteiger partial charge in [0.15, 0.2) is 5.78 Å². The number of H-pyrrole nitrogens is 1. The number of hydrogen-bond acceptors (Lipinski definition) is 6. The molecule has 2 atom stereocenters. The van der Waals surface area contributed by atoms with E-state index in [4.69, 9.17) is 4.74 Å². The van der Waals surface area contributed by atoms with Gasteiger partial charge in [0.05, 0.1) is 13.2 Å². The number of nitrogens with zero attached hydrogens (tertiary/aromatic N) is 1. The van der Waals surface area contributed by atoms with Crippen LogP contribution in [0.1, 0.15) is 43.6 Å². The van der Waals surface area contributed by atoms with Crippen LogP contribution in [-0.2, 0) is 14.4 Å². The highest BCUT2D eigenvalue weighted by atomic mass is 16.5. The van der Waals surface area contributed by atoms with Gasteiger partial charge < -0.3 is 30.4 Å². The predicted octanol–water partition coefficient (Wildman–Crippen LogP) is 1.24. The number of aliphatic hydroxyl groups is 1. The number of carbonyl (C=O) groups excluding carboxylic acids is 4. The number of rotatable bonds is 12. The Bertz CT molecular complexity index is 1030. The number of Topliss-reactive ketones (excluding diaryl/α,β-unsaturated/α-hetero) is 1. The lowest BCUT2D eigenvalue weighted by atomic mass is 10.0. The van der Waals surface area contributed by atoms with Gasteiger partial charge in [0.1, 0.15) is 24.1 Å². The molecule has 0 aliphatic carbocycles. The van der Waals surface area contributed by atoms with Crippen molar-refractivity contribution in [3.63, 3.8) is 0 Å². The van der Waals surface area contributed by atoms with E-state index in [0.29, 0.717) is 17.7 Å². The van der Waals surface area contributed by atoms with E-state index in [-0.39, 0.29) is 30.4 Å². The highest BCUT2D eigenvalue weighted by Crippen LogP contribution is 2.26. The average Bonchev–Trinajstić information content (AvgIpc) is 3.24. The number of hydrogen-bond donors (Lipinski definition) is 4. The number of methoxy groups -OCH3 is 1. The molecule has 186 valence electrons. The summed E-state index contributed by atoms with van der Waals surface area (Å²) in [5, 5.41) is 15.4. The lowest BCUT2D eigenvalue weighted by Crippen LogP contribution is -2.52. The summed E-state index contributed by atoms with van der Waals surface area (Å²) in [6.45, 7) is 3.05. The fraction of sp³-hybridized carbons (Fsp3) is 0.500. The van der Waals surface area contributed by atoms with Crippen molar-refractivity contribution in [3.8, 4) is 5.75 Å². The number of ether oxygens (including phenoxy) is 1. The summed E-state index contributed by atoms with van der Waals surface area (Å²) in [7, 11) is 4.73. The molecular weight excluding hydrogens is 440 g/mol. The van der Waals surface area contributed by atoms with Crippen molar-refractivity contribution in [1.82, 2.24) is 20.5 Å². The summed E-state index contributed by atoms with van der Waals surface area (Å²) < 4.78 is 5.33. The van der Waals surface area contributed by atoms with Gasteiger partial charge in [-0.1, -0.05) is 19.9 Å². The van der Waals surface area contributed by atoms with Gasteiger partial charge in [-0.2, -0.15) is 0 Å². The van der Waals surface area contributed by atoms with Gasteiger partial charge in [0.2, 0.25) is 11.8 Å². The largest absolute Gasteiger partial charge is 0.496 e. The summed E-state index contributed by atoms with van der Waals surface area (Å²) in [5.41, 5.74) is 0.981. The molecule has 0 spiro atoms. The van der Waals surface area contributed by atoms with E-state index in [2.05, 4.69) is 15.6 Å². The maximum absolute atomic E-state index is 13.0. The van der Waals surface area contributed by atoms with E-state index >= 15 is 0 Å². The number of fused-ring (bicyclic) bond motifs is 1. The zero-order chi connectivity index (χ0) is 25.4. The van der Waals surface area contributed by atoms with Crippen molar-refractivity contribution in [3.05, 3.63) is 30.0 Å². The Balaban J connectivity index is 2.18. The number of aromatic nitrogens is 1. The van der Waals surface area contributed by atoms with Gasteiger partial charge in [-0.15, -0.1) is 0 Å². The van der Waals surface area contributed by atoms with Crippen LogP contribution in [0.4, 0.5) is 0 Å². The number of carbonyl (C=O) groups is 4. The van der Waals surface area contributed by atoms with Crippen LogP contribution in [0.25, 0.3) is 10.9 Å². The highest BCUT2D eigenvalue weighted by Gasteiger charge is 2.28. The van der Waals surface area contributed by atoms with Gasteiger partial charge in [-0.05, 0) is 37.0 Å². The van der Waals surface area contributed by atoms with E-state index in [1.165, 1.54) is 4.90 Å². The molecule has 1 aromatic heterocycles. The fourth-order valence-electron chi connectivity index (χ4n) is 3.55. The van der Waals surface area contributed by atoms with E-state index in [9.17, 15) is 24.3 Å². The average molecular weight is 475 g/mol. The Hall–Kier alpha value is -3.40. The molecule has 10 nitrogen and oxygen atoms in total. The Morgan fingerprint density at radius 1 is 1.12 bits per heavy atom. The van der Waals surface area contributed by atoms with Gasteiger partial charge in [-0.3, -0.25) is 19.2 Å². The minimum absolute atomic E-state index is 0.0296. The first-order chi connectivity index (χ1) is 16.1. The Morgan fingerprint density at radius 2 is 1.82 bits per heavy atom. The molecule has 0 bridgehead atoms. The summed E-state index contributed by atoms with van der Waals surface area (Å²) in [6.07, 6.45) is 0.409. The summed E-state index contributed by atoms with van der Waals surface area (Å²) in [5.74, 6) is -1.15. The second kappa shape index (κ2) is 12.2. The standard InChI is InChI=1S/C24H34N4O6/c1-14(2)11-18(23(32)26-17(20(30)13-29)9-10-22(31)28(3)4)27-24(33)19-12-15-16(25-19)7-6-8-21(15)34-5/h6-8,12,14,17-18,25,29H,9-11,13H2,1-5H3,(H,26,32)(H,27,33)/t17-,18-/m0/s1. The number of aliphatic hydroxyl groups excluding tert-OH is 1. The first-order valence-corrected chi connectivity index (χ1v) is 11.2. The second-order valence-corrected chi connectivity index (χ2v) is 8.77. The Labute approximate surface area is 199 Å². The van der Waals surface area contributed by atoms with Crippen molar-refractivity contribution in [2.45, 2.75) is 45.2 Å². The molecule has 34 heavy (non-hydrogen) atoms. The third-order valence-corrected chi connectivity index (χ3v) is 5.42. The SMILES string of the molecule is COc1cccc2[nH]c(C(=O)N[C@@H](CC(C)C)C(=O)N[C@@H](CCC(=O)N(C)C)C(=O)CO)cc12. The quantitative estimate of drug-likeness (QED) is 0.365. The number of aromatic amines is 1. The van der Waals surface area contributed by atoms with Crippen LogP contribution < -0.4 is 15.4 Å². The molecule has 0 unspecified atom stereocenters. The van der Waals surface area contributed by atoms with Gasteiger partial charge in [-0.25, -0.2) is 0 Å². The minimum atomic E-state index is -1.04. The predicted molar refractivity (Wildman–Crippen MR) is 128 cm³/mol. The molecule has 1 aromatic carbocycles. The molecule has 2 aromatic rings. The van der Waals surface area contributed by atoms with Crippen molar-refractivity contribution >= 4 is 34.4 Å². The molecule has 3 amide bonds. The summed E-state index contributed by atoms with van der Waals surface area (Å²) in [4.78, 5) is 54.5. The molecule has 0 aliphatic rings. The molecule has 0 saturated carbocycles. The first-order valence-electron chi connectivity index (χ1n) is 11.2. The third-order valence-electron chi connectivity index (χ3n) is 5.42. The maximum atomic E-state index is 13.0. The molecule has 0 aliphatic heterocycles. The minimum Gasteiger partial charge on any atom is -0.496 e. The number of benzene rings is 1. The van der Waals surface area contributed by atoms with E-state index < -0.39 is 36.3 Å². The van der Waals surface area contributed by atoms with Crippen LogP contribution in [-0.4, -0.2) is 78.4 Å². The molecule has 2 rings (SSSR count). The van der Waals surface area contributed by atoms with Crippen LogP contribution in [0.5, 0.6) is 5.75 Å². The smallest absolute Gasteiger partial charge is 0.268 e. The molecule has 0 fully saturated rings. The molecule has 0 saturated heterocycles. The van der Waals surface area contributed by atoms with Crippen molar-refractivity contribution < 1.29 is 29.0 Å². The monoisotopic (exact) mass is 474 g/mol. The zero-order valence-corrected chi connectivity index (χ0v) is 20.3. The molecule has 10 heteroatoms. The van der Waals surface area contributed by atoms with Crippen LogP contribution in [0.15, 0.2) is 24.3 Å². The van der Waals surface area contributed by atoms with Gasteiger partial charge in [0.25, 0.3) is 5.91 Å². The van der Waals surface area contributed by atoms with Crippen LogP contribution >= 0.6 is 0 Å². The lowest BCUT2D eigenvalue weighted by Gasteiger charge is -2.24. The van der Waals surface area contributed by atoms with Crippen LogP contribution in [0.3, 0.4) is 0 Å². The van der Waals surface area contributed by atoms with Crippen LogP contribution in [0.2, 0.25) is 0 Å². The second-order valence-electron chi connectivity index (χ2n) is 8.77.